The van der Waals surface area contributed by atoms with Gasteiger partial charge < -0.3 is 5.32 Å². The molecule has 1 aromatic heterocycles. The molecule has 0 aliphatic carbocycles. The number of alkyl halides is 1. The van der Waals surface area contributed by atoms with Crippen LogP contribution in [0.5, 0.6) is 0 Å². The van der Waals surface area contributed by atoms with E-state index in [4.69, 9.17) is 16.6 Å². The van der Waals surface area contributed by atoms with Crippen molar-refractivity contribution < 1.29 is 4.39 Å². The second kappa shape index (κ2) is 8.82. The lowest BCUT2D eigenvalue weighted by Gasteiger charge is -2.12. The lowest BCUT2D eigenvalue weighted by molar-refractivity contribution is 0.628. The minimum Gasteiger partial charge on any atom is -0.384 e. The third kappa shape index (κ3) is 4.70. The molecule has 0 saturated carbocycles. The lowest BCUT2D eigenvalue weighted by atomic mass is 10.1. The quantitative estimate of drug-likeness (QED) is 0.381. The van der Waals surface area contributed by atoms with Gasteiger partial charge in [-0.25, -0.2) is 9.37 Å². The molecule has 0 aliphatic heterocycles. The van der Waals surface area contributed by atoms with Crippen LogP contribution in [0.1, 0.15) is 25.7 Å². The summed E-state index contributed by atoms with van der Waals surface area (Å²) >= 11 is 5.71. The summed E-state index contributed by atoms with van der Waals surface area (Å²) in [6, 6.07) is 16.6. The monoisotopic (exact) mass is 356 g/mol. The Morgan fingerprint density at radius 2 is 1.68 bits per heavy atom. The van der Waals surface area contributed by atoms with Gasteiger partial charge in [-0.15, -0.1) is 11.6 Å². The van der Waals surface area contributed by atoms with Gasteiger partial charge in [0.2, 0.25) is 0 Å². The van der Waals surface area contributed by atoms with Crippen molar-refractivity contribution in [1.29, 1.82) is 0 Å². The molecule has 2 nitrogen and oxygen atoms in total. The molecule has 0 bridgehead atoms. The number of rotatable bonds is 8. The number of halogens is 2. The van der Waals surface area contributed by atoms with Crippen LogP contribution in [0.15, 0.2) is 54.6 Å². The van der Waals surface area contributed by atoms with Gasteiger partial charge in [0.05, 0.1) is 11.2 Å². The molecule has 0 radical (unpaired) electrons. The van der Waals surface area contributed by atoms with E-state index in [0.717, 1.165) is 53.1 Å². The van der Waals surface area contributed by atoms with Crippen LogP contribution in [0.25, 0.3) is 22.2 Å². The average Bonchev–Trinajstić information content (AvgIpc) is 2.65. The zero-order valence-electron chi connectivity index (χ0n) is 14.1. The molecule has 2 aromatic carbocycles. The number of benzene rings is 2. The number of hydrogen-bond acceptors (Lipinski definition) is 2. The first-order valence-corrected chi connectivity index (χ1v) is 9.27. The van der Waals surface area contributed by atoms with E-state index in [9.17, 15) is 4.39 Å². The molecule has 3 rings (SSSR count). The Balaban J connectivity index is 1.81. The summed E-state index contributed by atoms with van der Waals surface area (Å²) in [5, 5.41) is 4.64. The third-order valence-corrected chi connectivity index (χ3v) is 4.50. The van der Waals surface area contributed by atoms with Crippen molar-refractivity contribution in [2.45, 2.75) is 25.7 Å². The van der Waals surface area contributed by atoms with Crippen LogP contribution in [0, 0.1) is 5.82 Å². The first kappa shape index (κ1) is 17.7. The van der Waals surface area contributed by atoms with Crippen LogP contribution in [0.3, 0.4) is 0 Å². The maximum Gasteiger partial charge on any atom is 0.123 e. The molecule has 0 spiro atoms. The van der Waals surface area contributed by atoms with E-state index in [-0.39, 0.29) is 5.82 Å². The largest absolute Gasteiger partial charge is 0.384 e. The van der Waals surface area contributed by atoms with E-state index in [1.54, 1.807) is 12.1 Å². The zero-order chi connectivity index (χ0) is 17.5. The van der Waals surface area contributed by atoms with E-state index in [2.05, 4.69) is 11.4 Å². The van der Waals surface area contributed by atoms with Crippen molar-refractivity contribution in [3.8, 4) is 11.3 Å². The number of aromatic nitrogens is 1. The normalized spacial score (nSPS) is 11.0. The topological polar surface area (TPSA) is 24.9 Å². The van der Waals surface area contributed by atoms with Crippen molar-refractivity contribution >= 4 is 28.2 Å². The highest BCUT2D eigenvalue weighted by Gasteiger charge is 2.07. The molecule has 3 aromatic rings. The zero-order valence-corrected chi connectivity index (χ0v) is 14.9. The maximum absolute atomic E-state index is 13.2. The van der Waals surface area contributed by atoms with Gasteiger partial charge in [-0.2, -0.15) is 0 Å². The number of pyridine rings is 1. The minimum absolute atomic E-state index is 0.236. The van der Waals surface area contributed by atoms with Crippen molar-refractivity contribution in [3.05, 3.63) is 60.4 Å². The second-order valence-corrected chi connectivity index (χ2v) is 6.49. The van der Waals surface area contributed by atoms with E-state index >= 15 is 0 Å². The smallest absolute Gasteiger partial charge is 0.123 e. The molecule has 0 aliphatic rings. The number of para-hydroxylation sites is 1. The highest BCUT2D eigenvalue weighted by molar-refractivity contribution is 6.17. The first-order valence-electron chi connectivity index (χ1n) is 8.73. The molecule has 0 atom stereocenters. The van der Waals surface area contributed by atoms with Gasteiger partial charge in [0, 0.05) is 29.1 Å². The summed E-state index contributed by atoms with van der Waals surface area (Å²) in [5.74, 6) is 0.503. The van der Waals surface area contributed by atoms with Gasteiger partial charge in [0.15, 0.2) is 0 Å². The lowest BCUT2D eigenvalue weighted by Crippen LogP contribution is -2.03. The summed E-state index contributed by atoms with van der Waals surface area (Å²) in [6.45, 7) is 0.916. The molecule has 1 heterocycles. The maximum atomic E-state index is 13.2. The van der Waals surface area contributed by atoms with Crippen molar-refractivity contribution in [2.24, 2.45) is 0 Å². The van der Waals surface area contributed by atoms with Gasteiger partial charge in [0.25, 0.3) is 0 Å². The summed E-state index contributed by atoms with van der Waals surface area (Å²) in [4.78, 5) is 4.73. The number of nitrogens with zero attached hydrogens (tertiary/aromatic N) is 1. The molecule has 1 N–H and O–H groups in total. The van der Waals surface area contributed by atoms with Gasteiger partial charge in [0.1, 0.15) is 5.82 Å². The van der Waals surface area contributed by atoms with Crippen LogP contribution in [0.4, 0.5) is 10.1 Å². The van der Waals surface area contributed by atoms with E-state index < -0.39 is 0 Å². The molecular weight excluding hydrogens is 335 g/mol. The standard InChI is InChI=1S/C21H22ClFN2/c22-13-5-1-2-6-14-24-21-15-20(16-9-11-17(23)12-10-16)25-19-8-4-3-7-18(19)21/h3-4,7-12,15H,1-2,5-6,13-14H2,(H,24,25). The SMILES string of the molecule is Fc1ccc(-c2cc(NCCCCCCCl)c3ccccc3n2)cc1. The van der Waals surface area contributed by atoms with E-state index in [1.165, 1.54) is 25.0 Å². The first-order chi connectivity index (χ1) is 12.3. The fourth-order valence-corrected chi connectivity index (χ4v) is 3.08. The van der Waals surface area contributed by atoms with Gasteiger partial charge in [-0.05, 0) is 49.2 Å². The number of anilines is 1. The second-order valence-electron chi connectivity index (χ2n) is 6.11. The predicted molar refractivity (Wildman–Crippen MR) is 105 cm³/mol. The Hall–Kier alpha value is -2.13. The fourth-order valence-electron chi connectivity index (χ4n) is 2.89. The molecule has 0 amide bonds. The highest BCUT2D eigenvalue weighted by Crippen LogP contribution is 2.28. The molecule has 4 heteroatoms. The van der Waals surface area contributed by atoms with Crippen LogP contribution >= 0.6 is 11.6 Å². The van der Waals surface area contributed by atoms with Gasteiger partial charge >= 0.3 is 0 Å². The molecule has 130 valence electrons. The summed E-state index contributed by atoms with van der Waals surface area (Å²) < 4.78 is 13.2. The molecular formula is C21H22ClFN2. The minimum atomic E-state index is -0.236. The van der Waals surface area contributed by atoms with Crippen LogP contribution in [-0.2, 0) is 0 Å². The van der Waals surface area contributed by atoms with Crippen LogP contribution in [-0.4, -0.2) is 17.4 Å². The van der Waals surface area contributed by atoms with Crippen molar-refractivity contribution in [2.75, 3.05) is 17.7 Å². The average molecular weight is 357 g/mol. The van der Waals surface area contributed by atoms with Crippen molar-refractivity contribution in [3.63, 3.8) is 0 Å². The fraction of sp³-hybridized carbons (Fsp3) is 0.286. The Morgan fingerprint density at radius 1 is 0.920 bits per heavy atom. The van der Waals surface area contributed by atoms with Crippen molar-refractivity contribution in [1.82, 2.24) is 4.98 Å². The number of nitrogens with one attached hydrogen (secondary N) is 1. The third-order valence-electron chi connectivity index (χ3n) is 4.23. The number of fused-ring (bicyclic) bond motifs is 1. The van der Waals surface area contributed by atoms with E-state index in [1.807, 2.05) is 24.3 Å². The Bertz CT molecular complexity index is 818. The Kier molecular flexibility index (Phi) is 6.24. The molecule has 0 saturated heterocycles. The Morgan fingerprint density at radius 3 is 2.48 bits per heavy atom. The predicted octanol–water partition coefficient (Wildman–Crippen LogP) is 6.25. The Labute approximate surface area is 153 Å². The summed E-state index contributed by atoms with van der Waals surface area (Å²) in [5.41, 5.74) is 3.77. The number of hydrogen-bond donors (Lipinski definition) is 1. The molecule has 0 fully saturated rings. The highest BCUT2D eigenvalue weighted by atomic mass is 35.5. The van der Waals surface area contributed by atoms with Gasteiger partial charge in [-0.1, -0.05) is 31.0 Å². The van der Waals surface area contributed by atoms with Crippen LogP contribution in [0.2, 0.25) is 0 Å². The van der Waals surface area contributed by atoms with Gasteiger partial charge in [-0.3, -0.25) is 0 Å². The summed E-state index contributed by atoms with van der Waals surface area (Å²) in [7, 11) is 0. The van der Waals surface area contributed by atoms with E-state index in [0.29, 0.717) is 0 Å². The molecule has 25 heavy (non-hydrogen) atoms. The summed E-state index contributed by atoms with van der Waals surface area (Å²) in [6.07, 6.45) is 4.53. The molecule has 0 unspecified atom stereocenters. The van der Waals surface area contributed by atoms with Crippen LogP contribution < -0.4 is 5.32 Å². The number of unbranched alkanes of at least 4 members (excludes halogenated alkanes) is 3.